The Morgan fingerprint density at radius 1 is 1.00 bits per heavy atom. The molecule has 0 saturated heterocycles. The van der Waals surface area contributed by atoms with E-state index >= 15 is 0 Å². The van der Waals surface area contributed by atoms with Crippen LogP contribution in [0.25, 0.3) is 0 Å². The molecule has 0 aliphatic heterocycles. The maximum atomic E-state index is 14.5. The number of aryl methyl sites for hydroxylation is 1. The van der Waals surface area contributed by atoms with Crippen LogP contribution in [0.3, 0.4) is 0 Å². The Labute approximate surface area is 194 Å². The first-order valence-electron chi connectivity index (χ1n) is 11.0. The van der Waals surface area contributed by atoms with Crippen LogP contribution in [0.4, 0.5) is 4.39 Å². The van der Waals surface area contributed by atoms with E-state index in [0.29, 0.717) is 24.3 Å². The summed E-state index contributed by atoms with van der Waals surface area (Å²) in [4.78, 5) is 27.8. The fourth-order valence-corrected chi connectivity index (χ4v) is 3.59. The van der Waals surface area contributed by atoms with Gasteiger partial charge in [0.15, 0.2) is 6.61 Å². The summed E-state index contributed by atoms with van der Waals surface area (Å²) < 4.78 is 20.2. The van der Waals surface area contributed by atoms with Gasteiger partial charge >= 0.3 is 0 Å². The van der Waals surface area contributed by atoms with Crippen LogP contribution in [-0.2, 0) is 22.6 Å². The molecule has 1 atom stereocenters. The van der Waals surface area contributed by atoms with Crippen molar-refractivity contribution in [3.8, 4) is 5.75 Å². The number of hydrogen-bond acceptors (Lipinski definition) is 3. The molecule has 0 spiro atoms. The maximum absolute atomic E-state index is 14.5. The van der Waals surface area contributed by atoms with Gasteiger partial charge in [0, 0.05) is 25.1 Å². The van der Waals surface area contributed by atoms with Gasteiger partial charge in [0.2, 0.25) is 5.91 Å². The van der Waals surface area contributed by atoms with Crippen LogP contribution in [0, 0.1) is 12.7 Å². The van der Waals surface area contributed by atoms with Crippen LogP contribution in [0.1, 0.15) is 23.6 Å². The zero-order valence-electron chi connectivity index (χ0n) is 19.0. The molecule has 2 amide bonds. The predicted octanol–water partition coefficient (Wildman–Crippen LogP) is 4.29. The Hall–Kier alpha value is -3.67. The summed E-state index contributed by atoms with van der Waals surface area (Å²) in [6.45, 7) is 3.87. The zero-order chi connectivity index (χ0) is 23.6. The summed E-state index contributed by atoms with van der Waals surface area (Å²) in [6, 6.07) is 22.3. The Kier molecular flexibility index (Phi) is 8.58. The Morgan fingerprint density at radius 3 is 2.42 bits per heavy atom. The van der Waals surface area contributed by atoms with E-state index in [1.165, 1.54) is 11.0 Å². The lowest BCUT2D eigenvalue weighted by atomic mass is 10.0. The van der Waals surface area contributed by atoms with Crippen molar-refractivity contribution in [1.82, 2.24) is 10.2 Å². The third kappa shape index (κ3) is 6.91. The maximum Gasteiger partial charge on any atom is 0.261 e. The van der Waals surface area contributed by atoms with Gasteiger partial charge < -0.3 is 15.0 Å². The molecule has 0 aliphatic rings. The van der Waals surface area contributed by atoms with E-state index in [2.05, 4.69) is 5.32 Å². The number of rotatable bonds is 10. The van der Waals surface area contributed by atoms with Gasteiger partial charge in [0.25, 0.3) is 5.91 Å². The van der Waals surface area contributed by atoms with E-state index < -0.39 is 17.8 Å². The minimum absolute atomic E-state index is 0.0443. The predicted molar refractivity (Wildman–Crippen MR) is 126 cm³/mol. The molecule has 0 fully saturated rings. The zero-order valence-corrected chi connectivity index (χ0v) is 19.0. The second kappa shape index (κ2) is 11.8. The molecule has 5 nitrogen and oxygen atoms in total. The summed E-state index contributed by atoms with van der Waals surface area (Å²) in [6.07, 6.45) is 0.303. The number of ether oxygens (including phenoxy) is 1. The van der Waals surface area contributed by atoms with Crippen LogP contribution in [0.2, 0.25) is 0 Å². The van der Waals surface area contributed by atoms with E-state index in [0.717, 1.165) is 11.1 Å². The lowest BCUT2D eigenvalue weighted by molar-refractivity contribution is -0.142. The van der Waals surface area contributed by atoms with E-state index in [9.17, 15) is 14.0 Å². The van der Waals surface area contributed by atoms with Gasteiger partial charge in [-0.1, -0.05) is 60.7 Å². The van der Waals surface area contributed by atoms with Crippen LogP contribution in [-0.4, -0.2) is 35.9 Å². The monoisotopic (exact) mass is 448 g/mol. The summed E-state index contributed by atoms with van der Waals surface area (Å²) in [5.74, 6) is -0.551. The van der Waals surface area contributed by atoms with Gasteiger partial charge in [-0.2, -0.15) is 0 Å². The van der Waals surface area contributed by atoms with Crippen molar-refractivity contribution < 1.29 is 18.7 Å². The number of halogens is 1. The van der Waals surface area contributed by atoms with Crippen molar-refractivity contribution in [2.75, 3.05) is 13.2 Å². The van der Waals surface area contributed by atoms with Crippen molar-refractivity contribution in [3.63, 3.8) is 0 Å². The van der Waals surface area contributed by atoms with E-state index in [1.54, 1.807) is 24.3 Å². The molecule has 1 N–H and O–H groups in total. The molecule has 3 rings (SSSR count). The number of nitrogens with zero attached hydrogens (tertiary/aromatic N) is 1. The van der Waals surface area contributed by atoms with Gasteiger partial charge in [-0.15, -0.1) is 0 Å². The minimum Gasteiger partial charge on any atom is -0.484 e. The topological polar surface area (TPSA) is 58.6 Å². The Morgan fingerprint density at radius 2 is 1.73 bits per heavy atom. The van der Waals surface area contributed by atoms with Gasteiger partial charge in [0.05, 0.1) is 0 Å². The van der Waals surface area contributed by atoms with Gasteiger partial charge in [-0.25, -0.2) is 4.39 Å². The highest BCUT2D eigenvalue weighted by molar-refractivity contribution is 5.88. The number of amides is 2. The SMILES string of the molecule is CCNC(=O)C(Cc1ccccc1)N(Cc1ccccc1F)C(=O)COc1cccc(C)c1. The van der Waals surface area contributed by atoms with Crippen molar-refractivity contribution in [1.29, 1.82) is 0 Å². The van der Waals surface area contributed by atoms with E-state index in [4.69, 9.17) is 4.74 Å². The third-order valence-corrected chi connectivity index (χ3v) is 5.27. The summed E-state index contributed by atoms with van der Waals surface area (Å²) >= 11 is 0. The molecular weight excluding hydrogens is 419 g/mol. The third-order valence-electron chi connectivity index (χ3n) is 5.27. The fraction of sp³-hybridized carbons (Fsp3) is 0.259. The van der Waals surface area contributed by atoms with Crippen molar-refractivity contribution in [2.24, 2.45) is 0 Å². The second-order valence-corrected chi connectivity index (χ2v) is 7.82. The van der Waals surface area contributed by atoms with E-state index in [-0.39, 0.29) is 19.1 Å². The Bertz CT molecular complexity index is 1070. The quantitative estimate of drug-likeness (QED) is 0.503. The highest BCUT2D eigenvalue weighted by Gasteiger charge is 2.31. The molecule has 3 aromatic carbocycles. The highest BCUT2D eigenvalue weighted by Crippen LogP contribution is 2.18. The molecule has 3 aromatic rings. The standard InChI is InChI=1S/C27H29FN2O3/c1-3-29-27(32)25(17-21-11-5-4-6-12-21)30(18-22-13-7-8-15-24(22)28)26(31)19-33-23-14-9-10-20(2)16-23/h4-16,25H,3,17-19H2,1-2H3,(H,29,32). The average Bonchev–Trinajstić information content (AvgIpc) is 2.82. The summed E-state index contributed by atoms with van der Waals surface area (Å²) in [7, 11) is 0. The first-order valence-corrected chi connectivity index (χ1v) is 11.0. The van der Waals surface area contributed by atoms with Crippen LogP contribution in [0.5, 0.6) is 5.75 Å². The smallest absolute Gasteiger partial charge is 0.261 e. The molecule has 6 heteroatoms. The Balaban J connectivity index is 1.90. The molecule has 0 heterocycles. The van der Waals surface area contributed by atoms with Crippen LogP contribution >= 0.6 is 0 Å². The first-order chi connectivity index (χ1) is 16.0. The molecule has 172 valence electrons. The molecule has 0 saturated carbocycles. The summed E-state index contributed by atoms with van der Waals surface area (Å²) in [5, 5.41) is 2.82. The minimum atomic E-state index is -0.819. The average molecular weight is 449 g/mol. The lowest BCUT2D eigenvalue weighted by Crippen LogP contribution is -2.51. The largest absolute Gasteiger partial charge is 0.484 e. The van der Waals surface area contributed by atoms with Crippen molar-refractivity contribution >= 4 is 11.8 Å². The number of benzene rings is 3. The molecular formula is C27H29FN2O3. The normalized spacial score (nSPS) is 11.5. The second-order valence-electron chi connectivity index (χ2n) is 7.82. The fourth-order valence-electron chi connectivity index (χ4n) is 3.59. The van der Waals surface area contributed by atoms with Crippen LogP contribution < -0.4 is 10.1 Å². The number of carbonyl (C=O) groups is 2. The lowest BCUT2D eigenvalue weighted by Gasteiger charge is -2.31. The highest BCUT2D eigenvalue weighted by atomic mass is 19.1. The summed E-state index contributed by atoms with van der Waals surface area (Å²) in [5.41, 5.74) is 2.25. The van der Waals surface area contributed by atoms with Crippen LogP contribution in [0.15, 0.2) is 78.9 Å². The molecule has 1 unspecified atom stereocenters. The molecule has 0 bridgehead atoms. The van der Waals surface area contributed by atoms with Crippen molar-refractivity contribution in [3.05, 3.63) is 101 Å². The number of carbonyl (C=O) groups excluding carboxylic acids is 2. The number of hydrogen-bond donors (Lipinski definition) is 1. The van der Waals surface area contributed by atoms with Crippen molar-refractivity contribution in [2.45, 2.75) is 32.9 Å². The number of likely N-dealkylation sites (N-methyl/N-ethyl adjacent to an activating group) is 1. The molecule has 0 aliphatic carbocycles. The van der Waals surface area contributed by atoms with Gasteiger partial charge in [0.1, 0.15) is 17.6 Å². The molecule has 33 heavy (non-hydrogen) atoms. The first kappa shape index (κ1) is 24.0. The molecule has 0 radical (unpaired) electrons. The molecule has 0 aromatic heterocycles. The van der Waals surface area contributed by atoms with Gasteiger partial charge in [-0.05, 0) is 43.2 Å². The van der Waals surface area contributed by atoms with E-state index in [1.807, 2.05) is 62.4 Å². The van der Waals surface area contributed by atoms with Gasteiger partial charge in [-0.3, -0.25) is 9.59 Å². The number of nitrogens with one attached hydrogen (secondary N) is 1.